The number of likely N-dealkylation sites (tertiary alicyclic amines) is 1. The highest BCUT2D eigenvalue weighted by atomic mass is 32.1. The Morgan fingerprint density at radius 3 is 3.00 bits per heavy atom. The van der Waals surface area contributed by atoms with Crippen LogP contribution in [0.3, 0.4) is 0 Å². The molecule has 1 aliphatic rings. The van der Waals surface area contributed by atoms with Crippen molar-refractivity contribution in [2.24, 2.45) is 0 Å². The lowest BCUT2D eigenvalue weighted by atomic mass is 9.98. The molecule has 0 saturated carbocycles. The molecule has 3 heterocycles. The van der Waals surface area contributed by atoms with Gasteiger partial charge >= 0.3 is 0 Å². The number of amides is 1. The summed E-state index contributed by atoms with van der Waals surface area (Å²) in [7, 11) is 0. The smallest absolute Gasteiger partial charge is 0.257 e. The van der Waals surface area contributed by atoms with Gasteiger partial charge in [0.1, 0.15) is 5.76 Å². The van der Waals surface area contributed by atoms with E-state index in [-0.39, 0.29) is 5.91 Å². The lowest BCUT2D eigenvalue weighted by molar-refractivity contribution is 0.0705. The molecular weight excluding hydrogens is 308 g/mol. The van der Waals surface area contributed by atoms with Crippen LogP contribution < -0.4 is 0 Å². The molecule has 1 aromatic carbocycles. The Labute approximate surface area is 138 Å². The monoisotopic (exact) mass is 326 g/mol. The molecule has 0 aliphatic carbocycles. The van der Waals surface area contributed by atoms with E-state index in [1.165, 1.54) is 4.70 Å². The molecule has 1 amide bonds. The van der Waals surface area contributed by atoms with Gasteiger partial charge in [0, 0.05) is 19.0 Å². The van der Waals surface area contributed by atoms with Gasteiger partial charge in [0.2, 0.25) is 0 Å². The van der Waals surface area contributed by atoms with Gasteiger partial charge in [-0.1, -0.05) is 12.1 Å². The zero-order valence-electron chi connectivity index (χ0n) is 13.0. The summed E-state index contributed by atoms with van der Waals surface area (Å²) in [5.74, 6) is 1.09. The highest BCUT2D eigenvalue weighted by Gasteiger charge is 2.28. The average molecular weight is 326 g/mol. The number of thiazole rings is 1. The number of benzene rings is 1. The SMILES string of the molecule is Cc1occc1C(=O)N1CCC[C@H](c2nc3ccccc3s2)C1. The molecular formula is C18H18N2O2S. The van der Waals surface area contributed by atoms with Crippen molar-refractivity contribution in [1.29, 1.82) is 0 Å². The fourth-order valence-corrected chi connectivity index (χ4v) is 4.30. The molecule has 0 N–H and O–H groups in total. The van der Waals surface area contributed by atoms with Crippen LogP contribution in [0, 0.1) is 6.92 Å². The molecule has 1 atom stereocenters. The number of carbonyl (C=O) groups excluding carboxylic acids is 1. The second-order valence-corrected chi connectivity index (χ2v) is 7.06. The minimum Gasteiger partial charge on any atom is -0.469 e. The van der Waals surface area contributed by atoms with E-state index < -0.39 is 0 Å². The predicted octanol–water partition coefficient (Wildman–Crippen LogP) is 4.22. The predicted molar refractivity (Wildman–Crippen MR) is 90.9 cm³/mol. The summed E-state index contributed by atoms with van der Waals surface area (Å²) in [6.07, 6.45) is 3.69. The number of carbonyl (C=O) groups is 1. The van der Waals surface area contributed by atoms with Gasteiger partial charge < -0.3 is 9.32 Å². The lowest BCUT2D eigenvalue weighted by Crippen LogP contribution is -2.39. The Morgan fingerprint density at radius 2 is 2.22 bits per heavy atom. The maximum Gasteiger partial charge on any atom is 0.257 e. The van der Waals surface area contributed by atoms with Crippen molar-refractivity contribution < 1.29 is 9.21 Å². The molecule has 23 heavy (non-hydrogen) atoms. The summed E-state index contributed by atoms with van der Waals surface area (Å²) in [6, 6.07) is 9.98. The molecule has 0 spiro atoms. The van der Waals surface area contributed by atoms with Crippen LogP contribution in [0.5, 0.6) is 0 Å². The molecule has 4 nitrogen and oxygen atoms in total. The van der Waals surface area contributed by atoms with Crippen LogP contribution in [0.4, 0.5) is 0 Å². The van der Waals surface area contributed by atoms with Crippen LogP contribution in [0.25, 0.3) is 10.2 Å². The fraction of sp³-hybridized carbons (Fsp3) is 0.333. The van der Waals surface area contributed by atoms with E-state index in [1.54, 1.807) is 23.7 Å². The zero-order chi connectivity index (χ0) is 15.8. The summed E-state index contributed by atoms with van der Waals surface area (Å²) in [5, 5.41) is 1.15. The molecule has 0 unspecified atom stereocenters. The van der Waals surface area contributed by atoms with Gasteiger partial charge in [-0.15, -0.1) is 11.3 Å². The van der Waals surface area contributed by atoms with Crippen molar-refractivity contribution in [3.05, 3.63) is 52.9 Å². The Balaban J connectivity index is 1.57. The van der Waals surface area contributed by atoms with Crippen molar-refractivity contribution in [3.8, 4) is 0 Å². The Kier molecular flexibility index (Phi) is 3.65. The Hall–Kier alpha value is -2.14. The highest BCUT2D eigenvalue weighted by molar-refractivity contribution is 7.18. The van der Waals surface area contributed by atoms with Crippen LogP contribution in [0.15, 0.2) is 41.0 Å². The van der Waals surface area contributed by atoms with E-state index in [0.717, 1.165) is 36.5 Å². The first-order valence-corrected chi connectivity index (χ1v) is 8.73. The molecule has 1 fully saturated rings. The summed E-state index contributed by atoms with van der Waals surface area (Å²) >= 11 is 1.75. The summed E-state index contributed by atoms with van der Waals surface area (Å²) < 4.78 is 6.49. The number of hydrogen-bond acceptors (Lipinski definition) is 4. The molecule has 1 saturated heterocycles. The topological polar surface area (TPSA) is 46.3 Å². The van der Waals surface area contributed by atoms with Gasteiger partial charge in [0.25, 0.3) is 5.91 Å². The van der Waals surface area contributed by atoms with Crippen molar-refractivity contribution in [1.82, 2.24) is 9.88 Å². The molecule has 4 rings (SSSR count). The molecule has 0 radical (unpaired) electrons. The second kappa shape index (κ2) is 5.81. The first-order valence-electron chi connectivity index (χ1n) is 7.91. The quantitative estimate of drug-likeness (QED) is 0.708. The molecule has 2 aromatic heterocycles. The van der Waals surface area contributed by atoms with E-state index in [9.17, 15) is 4.79 Å². The second-order valence-electron chi connectivity index (χ2n) is 6.00. The number of para-hydroxylation sites is 1. The van der Waals surface area contributed by atoms with E-state index in [2.05, 4.69) is 12.1 Å². The number of fused-ring (bicyclic) bond motifs is 1. The van der Waals surface area contributed by atoms with Gasteiger partial charge in [0.05, 0.1) is 27.1 Å². The third kappa shape index (κ3) is 2.65. The van der Waals surface area contributed by atoms with Crippen LogP contribution in [-0.2, 0) is 0 Å². The largest absolute Gasteiger partial charge is 0.469 e. The van der Waals surface area contributed by atoms with E-state index >= 15 is 0 Å². The van der Waals surface area contributed by atoms with E-state index in [4.69, 9.17) is 9.40 Å². The van der Waals surface area contributed by atoms with E-state index in [1.807, 2.05) is 24.0 Å². The van der Waals surface area contributed by atoms with Crippen molar-refractivity contribution >= 4 is 27.5 Å². The summed E-state index contributed by atoms with van der Waals surface area (Å²) in [4.78, 5) is 19.4. The Morgan fingerprint density at radius 1 is 1.35 bits per heavy atom. The third-order valence-electron chi connectivity index (χ3n) is 4.46. The minimum atomic E-state index is 0.0714. The molecule has 1 aliphatic heterocycles. The van der Waals surface area contributed by atoms with Crippen LogP contribution in [-0.4, -0.2) is 28.9 Å². The number of nitrogens with zero attached hydrogens (tertiary/aromatic N) is 2. The van der Waals surface area contributed by atoms with Crippen LogP contribution in [0.1, 0.15) is 39.9 Å². The number of aryl methyl sites for hydroxylation is 1. The first-order chi connectivity index (χ1) is 11.2. The molecule has 3 aromatic rings. The number of furan rings is 1. The maximum absolute atomic E-state index is 12.7. The van der Waals surface area contributed by atoms with Crippen molar-refractivity contribution in [2.45, 2.75) is 25.7 Å². The number of rotatable bonds is 2. The fourth-order valence-electron chi connectivity index (χ4n) is 3.21. The third-order valence-corrected chi connectivity index (χ3v) is 5.66. The summed E-state index contributed by atoms with van der Waals surface area (Å²) in [5.41, 5.74) is 1.73. The number of piperidine rings is 1. The summed E-state index contributed by atoms with van der Waals surface area (Å²) in [6.45, 7) is 3.39. The van der Waals surface area contributed by atoms with Gasteiger partial charge in [-0.2, -0.15) is 0 Å². The highest BCUT2D eigenvalue weighted by Crippen LogP contribution is 2.33. The number of hydrogen-bond donors (Lipinski definition) is 0. The normalized spacial score (nSPS) is 18.5. The van der Waals surface area contributed by atoms with Crippen molar-refractivity contribution in [2.75, 3.05) is 13.1 Å². The zero-order valence-corrected chi connectivity index (χ0v) is 13.8. The number of aromatic nitrogens is 1. The average Bonchev–Trinajstić information content (AvgIpc) is 3.20. The van der Waals surface area contributed by atoms with Gasteiger partial charge in [0.15, 0.2) is 0 Å². The molecule has 0 bridgehead atoms. The van der Waals surface area contributed by atoms with Crippen LogP contribution >= 0.6 is 11.3 Å². The van der Waals surface area contributed by atoms with Crippen molar-refractivity contribution in [3.63, 3.8) is 0 Å². The minimum absolute atomic E-state index is 0.0714. The first kappa shape index (κ1) is 14.5. The van der Waals surface area contributed by atoms with Gasteiger partial charge in [-0.3, -0.25) is 4.79 Å². The molecule has 5 heteroatoms. The standard InChI is InChI=1S/C18H18N2O2S/c1-12-14(8-10-22-12)18(21)20-9-4-5-13(11-20)17-19-15-6-2-3-7-16(15)23-17/h2-3,6-8,10,13H,4-5,9,11H2,1H3/t13-/m0/s1. The molecule has 118 valence electrons. The maximum atomic E-state index is 12.7. The lowest BCUT2D eigenvalue weighted by Gasteiger charge is -2.31. The van der Waals surface area contributed by atoms with Gasteiger partial charge in [-0.05, 0) is 38.0 Å². The Bertz CT molecular complexity index is 818. The van der Waals surface area contributed by atoms with Crippen LogP contribution in [0.2, 0.25) is 0 Å². The van der Waals surface area contributed by atoms with E-state index in [0.29, 0.717) is 17.2 Å². The van der Waals surface area contributed by atoms with Gasteiger partial charge in [-0.25, -0.2) is 4.98 Å².